The molecule has 7 nitrogen and oxygen atoms in total. The zero-order chi connectivity index (χ0) is 25.3. The molecule has 1 N–H and O–H groups in total. The monoisotopic (exact) mass is 535 g/mol. The van der Waals surface area contributed by atoms with Crippen molar-refractivity contribution in [1.29, 1.82) is 0 Å². The van der Waals surface area contributed by atoms with Gasteiger partial charge in [0.25, 0.3) is 0 Å². The summed E-state index contributed by atoms with van der Waals surface area (Å²) in [6.45, 7) is 9.32. The number of benzene rings is 2. The summed E-state index contributed by atoms with van der Waals surface area (Å²) in [5, 5.41) is 3.03. The van der Waals surface area contributed by atoms with E-state index in [-0.39, 0.29) is 36.6 Å². The molecule has 0 spiro atoms. The van der Waals surface area contributed by atoms with Gasteiger partial charge in [0.1, 0.15) is 11.6 Å². The number of nitrogens with one attached hydrogen (secondary N) is 1. The average molecular weight is 536 g/mol. The van der Waals surface area contributed by atoms with Crippen molar-refractivity contribution in [3.63, 3.8) is 0 Å². The van der Waals surface area contributed by atoms with Gasteiger partial charge >= 0.3 is 6.03 Å². The molecular formula is C28H39ClFN3O4. The van der Waals surface area contributed by atoms with E-state index in [0.29, 0.717) is 32.3 Å². The van der Waals surface area contributed by atoms with Crippen molar-refractivity contribution in [2.24, 2.45) is 5.92 Å². The minimum atomic E-state index is -0.288. The molecule has 0 atom stereocenters. The summed E-state index contributed by atoms with van der Waals surface area (Å²) < 4.78 is 30.2. The number of halogens is 2. The fraction of sp³-hybridized carbons (Fsp3) is 0.536. The molecule has 2 aromatic rings. The van der Waals surface area contributed by atoms with E-state index in [1.165, 1.54) is 12.1 Å². The van der Waals surface area contributed by atoms with Gasteiger partial charge in [-0.15, -0.1) is 12.4 Å². The summed E-state index contributed by atoms with van der Waals surface area (Å²) in [6.07, 6.45) is 2.53. The summed E-state index contributed by atoms with van der Waals surface area (Å²) in [5.74, 6) is 0.949. The number of ether oxygens (including phenoxy) is 3. The van der Waals surface area contributed by atoms with Crippen molar-refractivity contribution < 1.29 is 23.4 Å². The van der Waals surface area contributed by atoms with Crippen molar-refractivity contribution in [2.45, 2.75) is 52.0 Å². The lowest BCUT2D eigenvalue weighted by Gasteiger charge is -2.38. The number of carbonyl (C=O) groups is 1. The van der Waals surface area contributed by atoms with Crippen LogP contribution in [-0.2, 0) is 16.0 Å². The Morgan fingerprint density at radius 3 is 2.35 bits per heavy atom. The first-order chi connectivity index (χ1) is 17.5. The predicted octanol–water partition coefficient (Wildman–Crippen LogP) is 5.23. The molecule has 2 aromatic carbocycles. The van der Waals surface area contributed by atoms with E-state index < -0.39 is 0 Å². The number of likely N-dealkylation sites (tertiary alicyclic amines) is 1. The number of hydrogen-bond donors (Lipinski definition) is 1. The van der Waals surface area contributed by atoms with Crippen LogP contribution in [0.3, 0.4) is 0 Å². The Morgan fingerprint density at radius 2 is 1.73 bits per heavy atom. The highest BCUT2D eigenvalue weighted by Gasteiger charge is 2.30. The van der Waals surface area contributed by atoms with Crippen LogP contribution in [0.25, 0.3) is 0 Å². The first kappa shape index (κ1) is 29.2. The number of rotatable bonds is 10. The summed E-state index contributed by atoms with van der Waals surface area (Å²) in [4.78, 5) is 17.7. The van der Waals surface area contributed by atoms with E-state index in [4.69, 9.17) is 14.2 Å². The molecule has 0 aliphatic carbocycles. The van der Waals surface area contributed by atoms with E-state index in [1.807, 2.05) is 29.2 Å². The molecule has 0 aromatic heterocycles. The fourth-order valence-electron chi connectivity index (χ4n) is 4.59. The topological polar surface area (TPSA) is 63.3 Å². The van der Waals surface area contributed by atoms with Crippen LogP contribution in [0.2, 0.25) is 0 Å². The summed E-state index contributed by atoms with van der Waals surface area (Å²) in [7, 11) is 0. The molecular weight excluding hydrogens is 497 g/mol. The lowest BCUT2D eigenvalue weighted by atomic mass is 10.0. The van der Waals surface area contributed by atoms with Crippen molar-refractivity contribution in [3.05, 3.63) is 59.9 Å². The van der Waals surface area contributed by atoms with Gasteiger partial charge in [-0.05, 0) is 60.7 Å². The molecule has 2 heterocycles. The molecule has 0 saturated carbocycles. The highest BCUT2D eigenvalue weighted by Crippen LogP contribution is 2.27. The SMILES string of the molecule is CC(C)COc1ccc(N(C(=O)NCc2ccc(F)cc2)C2CCN(CCC3OCCO3)CC2)cc1.Cl. The van der Waals surface area contributed by atoms with E-state index >= 15 is 0 Å². The highest BCUT2D eigenvalue weighted by molar-refractivity contribution is 5.92. The maximum absolute atomic E-state index is 13.4. The maximum atomic E-state index is 13.4. The zero-order valence-corrected chi connectivity index (χ0v) is 22.6. The van der Waals surface area contributed by atoms with Crippen LogP contribution in [0.5, 0.6) is 5.75 Å². The van der Waals surface area contributed by atoms with Gasteiger partial charge in [-0.1, -0.05) is 26.0 Å². The summed E-state index contributed by atoms with van der Waals surface area (Å²) >= 11 is 0. The smallest absolute Gasteiger partial charge is 0.322 e. The molecule has 2 fully saturated rings. The van der Waals surface area contributed by atoms with Crippen LogP contribution >= 0.6 is 12.4 Å². The molecule has 0 bridgehead atoms. The molecule has 204 valence electrons. The van der Waals surface area contributed by atoms with Crippen LogP contribution in [0.1, 0.15) is 38.7 Å². The third-order valence-corrected chi connectivity index (χ3v) is 6.57. The normalized spacial score (nSPS) is 17.0. The van der Waals surface area contributed by atoms with Crippen molar-refractivity contribution in [3.8, 4) is 5.75 Å². The molecule has 2 aliphatic heterocycles. The van der Waals surface area contributed by atoms with E-state index in [2.05, 4.69) is 24.1 Å². The fourth-order valence-corrected chi connectivity index (χ4v) is 4.59. The van der Waals surface area contributed by atoms with E-state index in [0.717, 1.165) is 55.9 Å². The molecule has 2 amide bonds. The Hall–Kier alpha value is -2.39. The van der Waals surface area contributed by atoms with E-state index in [9.17, 15) is 9.18 Å². The zero-order valence-electron chi connectivity index (χ0n) is 21.7. The van der Waals surface area contributed by atoms with Crippen LogP contribution in [-0.4, -0.2) is 62.7 Å². The quantitative estimate of drug-likeness (QED) is 0.451. The summed E-state index contributed by atoms with van der Waals surface area (Å²) in [5.41, 5.74) is 1.70. The van der Waals surface area contributed by atoms with E-state index in [1.54, 1.807) is 12.1 Å². The number of amides is 2. The second-order valence-corrected chi connectivity index (χ2v) is 9.89. The van der Waals surface area contributed by atoms with Crippen LogP contribution in [0, 0.1) is 11.7 Å². The van der Waals surface area contributed by atoms with Gasteiger partial charge in [-0.2, -0.15) is 0 Å². The van der Waals surface area contributed by atoms with Crippen LogP contribution in [0.4, 0.5) is 14.9 Å². The second kappa shape index (κ2) is 14.5. The van der Waals surface area contributed by atoms with Gasteiger partial charge in [0.2, 0.25) is 0 Å². The number of anilines is 1. The Bertz CT molecular complexity index is 947. The third-order valence-electron chi connectivity index (χ3n) is 6.57. The molecule has 2 saturated heterocycles. The molecule has 37 heavy (non-hydrogen) atoms. The predicted molar refractivity (Wildman–Crippen MR) is 145 cm³/mol. The lowest BCUT2D eigenvalue weighted by Crippen LogP contribution is -2.51. The van der Waals surface area contributed by atoms with Crippen LogP contribution < -0.4 is 15.0 Å². The first-order valence-corrected chi connectivity index (χ1v) is 13.0. The third kappa shape index (κ3) is 8.85. The van der Waals surface area contributed by atoms with Gasteiger partial charge in [-0.25, -0.2) is 9.18 Å². The molecule has 9 heteroatoms. The molecule has 0 radical (unpaired) electrons. The van der Waals surface area contributed by atoms with Crippen molar-refractivity contribution in [1.82, 2.24) is 10.2 Å². The minimum absolute atomic E-state index is 0. The molecule has 0 unspecified atom stereocenters. The largest absolute Gasteiger partial charge is 0.493 e. The van der Waals surface area contributed by atoms with Gasteiger partial charge in [0, 0.05) is 44.3 Å². The van der Waals surface area contributed by atoms with Gasteiger partial charge in [0.15, 0.2) is 6.29 Å². The molecule has 4 rings (SSSR count). The number of hydrogen-bond acceptors (Lipinski definition) is 5. The Labute approximate surface area is 225 Å². The minimum Gasteiger partial charge on any atom is -0.493 e. The van der Waals surface area contributed by atoms with Gasteiger partial charge in [0.05, 0.1) is 19.8 Å². The Kier molecular flexibility index (Phi) is 11.4. The first-order valence-electron chi connectivity index (χ1n) is 13.0. The number of piperidine rings is 1. The number of nitrogens with zero attached hydrogens (tertiary/aromatic N) is 2. The second-order valence-electron chi connectivity index (χ2n) is 9.89. The molecule has 2 aliphatic rings. The highest BCUT2D eigenvalue weighted by atomic mass is 35.5. The Morgan fingerprint density at radius 1 is 1.08 bits per heavy atom. The van der Waals surface area contributed by atoms with Gasteiger partial charge < -0.3 is 24.4 Å². The van der Waals surface area contributed by atoms with Crippen LogP contribution in [0.15, 0.2) is 48.5 Å². The Balaban J connectivity index is 0.00000380. The van der Waals surface area contributed by atoms with Crippen molar-refractivity contribution in [2.75, 3.05) is 44.4 Å². The lowest BCUT2D eigenvalue weighted by molar-refractivity contribution is -0.0523. The average Bonchev–Trinajstić information content (AvgIpc) is 3.41. The number of urea groups is 1. The van der Waals surface area contributed by atoms with Crippen molar-refractivity contribution >= 4 is 24.1 Å². The summed E-state index contributed by atoms with van der Waals surface area (Å²) in [6, 6.07) is 13.9. The maximum Gasteiger partial charge on any atom is 0.322 e. The number of carbonyl (C=O) groups excluding carboxylic acids is 1. The van der Waals surface area contributed by atoms with Gasteiger partial charge in [-0.3, -0.25) is 4.90 Å². The standard InChI is InChI=1S/C28H38FN3O4.ClH/c1-21(2)20-36-26-9-7-24(8-10-26)32(28(33)30-19-22-3-5-23(29)6-4-22)25-11-14-31(15-12-25)16-13-27-34-17-18-35-27;/h3-10,21,25,27H,11-20H2,1-2H3,(H,30,33);1H.